The van der Waals surface area contributed by atoms with Gasteiger partial charge in [0.25, 0.3) is 0 Å². The van der Waals surface area contributed by atoms with Gasteiger partial charge in [-0.25, -0.2) is 0 Å². The highest BCUT2D eigenvalue weighted by Gasteiger charge is 2.19. The molecule has 1 aromatic heterocycles. The first kappa shape index (κ1) is 14.6. The Morgan fingerprint density at radius 3 is 2.86 bits per heavy atom. The summed E-state index contributed by atoms with van der Waals surface area (Å²) in [5.41, 5.74) is 8.31. The fraction of sp³-hybridized carbons (Fsp3) is 0.412. The molecule has 2 heterocycles. The molecule has 2 aromatic rings. The molecule has 0 saturated carbocycles. The molecular weight excluding hydrogens is 276 g/mol. The van der Waals surface area contributed by atoms with Crippen LogP contribution in [-0.4, -0.2) is 28.4 Å². The normalized spacial score (nSPS) is 19.0. The Morgan fingerprint density at radius 2 is 2.05 bits per heavy atom. The number of rotatable bonds is 2. The summed E-state index contributed by atoms with van der Waals surface area (Å²) in [6, 6.07) is 9.10. The number of nitrogen functional groups attached to an aromatic ring is 1. The van der Waals surface area contributed by atoms with Gasteiger partial charge in [-0.1, -0.05) is 25.5 Å². The second-order valence-corrected chi connectivity index (χ2v) is 6.06. The molecule has 22 heavy (non-hydrogen) atoms. The smallest absolute Gasteiger partial charge is 0.169 e. The molecule has 1 aromatic carbocycles. The zero-order valence-corrected chi connectivity index (χ0v) is 12.9. The van der Waals surface area contributed by atoms with Crippen molar-refractivity contribution in [3.8, 4) is 17.0 Å². The highest BCUT2D eigenvalue weighted by atomic mass is 16.3. The van der Waals surface area contributed by atoms with Gasteiger partial charge in [0, 0.05) is 18.7 Å². The molecular formula is C17H22N4O. The van der Waals surface area contributed by atoms with Gasteiger partial charge in [0.05, 0.1) is 11.4 Å². The Bertz CT molecular complexity index is 659. The predicted octanol–water partition coefficient (Wildman–Crippen LogP) is 3.06. The van der Waals surface area contributed by atoms with E-state index in [9.17, 15) is 5.11 Å². The summed E-state index contributed by atoms with van der Waals surface area (Å²) in [7, 11) is 0. The number of nitrogens with two attached hydrogens (primary N) is 1. The van der Waals surface area contributed by atoms with E-state index in [4.69, 9.17) is 5.73 Å². The molecule has 1 fully saturated rings. The summed E-state index contributed by atoms with van der Waals surface area (Å²) >= 11 is 0. The van der Waals surface area contributed by atoms with E-state index in [0.29, 0.717) is 23.0 Å². The minimum absolute atomic E-state index is 0.205. The van der Waals surface area contributed by atoms with Crippen molar-refractivity contribution in [2.45, 2.75) is 26.2 Å². The summed E-state index contributed by atoms with van der Waals surface area (Å²) in [5.74, 6) is 1.30. The number of nitrogens with zero attached hydrogens (tertiary/aromatic N) is 3. The Labute approximate surface area is 130 Å². The Hall–Kier alpha value is -2.30. The van der Waals surface area contributed by atoms with Crippen molar-refractivity contribution in [2.24, 2.45) is 5.92 Å². The highest BCUT2D eigenvalue weighted by Crippen LogP contribution is 2.32. The molecule has 0 amide bonds. The fourth-order valence-corrected chi connectivity index (χ4v) is 3.04. The van der Waals surface area contributed by atoms with Crippen LogP contribution in [0.3, 0.4) is 0 Å². The van der Waals surface area contributed by atoms with Crippen LogP contribution in [0.5, 0.6) is 5.75 Å². The number of anilines is 2. The number of para-hydroxylation sites is 1. The van der Waals surface area contributed by atoms with E-state index < -0.39 is 0 Å². The number of phenols is 1. The maximum atomic E-state index is 10.0. The Morgan fingerprint density at radius 1 is 1.23 bits per heavy atom. The van der Waals surface area contributed by atoms with Gasteiger partial charge in [0.1, 0.15) is 5.75 Å². The van der Waals surface area contributed by atoms with E-state index in [1.807, 2.05) is 18.2 Å². The van der Waals surface area contributed by atoms with Crippen LogP contribution in [0.1, 0.15) is 26.2 Å². The van der Waals surface area contributed by atoms with Crippen molar-refractivity contribution in [1.82, 2.24) is 10.2 Å². The van der Waals surface area contributed by atoms with Gasteiger partial charge in [0.2, 0.25) is 0 Å². The number of aromatic hydroxyl groups is 1. The van der Waals surface area contributed by atoms with Crippen molar-refractivity contribution in [3.05, 3.63) is 30.3 Å². The number of benzene rings is 1. The van der Waals surface area contributed by atoms with Crippen LogP contribution in [0.15, 0.2) is 30.3 Å². The topological polar surface area (TPSA) is 75.3 Å². The molecule has 1 saturated heterocycles. The molecule has 116 valence electrons. The first-order valence-electron chi connectivity index (χ1n) is 7.81. The van der Waals surface area contributed by atoms with E-state index in [1.54, 1.807) is 12.1 Å². The zero-order valence-electron chi connectivity index (χ0n) is 12.9. The van der Waals surface area contributed by atoms with Gasteiger partial charge in [-0.2, -0.15) is 0 Å². The molecule has 0 spiro atoms. The average molecular weight is 298 g/mol. The molecule has 3 rings (SSSR count). The first-order valence-corrected chi connectivity index (χ1v) is 7.81. The van der Waals surface area contributed by atoms with Gasteiger partial charge < -0.3 is 15.7 Å². The standard InChI is InChI=1S/C17H22N4O/c1-12-6-4-5-9-21(11-12)15-10-14(19-20-17(15)18)13-7-2-3-8-16(13)22/h2-3,7-8,10,12,22H,4-6,9,11H2,1H3,(H2,18,20). The van der Waals surface area contributed by atoms with E-state index in [0.717, 1.165) is 25.2 Å². The van der Waals surface area contributed by atoms with Crippen LogP contribution in [0.4, 0.5) is 11.5 Å². The minimum atomic E-state index is 0.205. The highest BCUT2D eigenvalue weighted by molar-refractivity contribution is 5.73. The molecule has 0 bridgehead atoms. The lowest BCUT2D eigenvalue weighted by molar-refractivity contribution is 0.477. The van der Waals surface area contributed by atoms with E-state index in [-0.39, 0.29) is 5.75 Å². The van der Waals surface area contributed by atoms with Gasteiger partial charge in [-0.3, -0.25) is 0 Å². The predicted molar refractivity (Wildman–Crippen MR) is 88.8 cm³/mol. The van der Waals surface area contributed by atoms with Crippen LogP contribution in [-0.2, 0) is 0 Å². The maximum absolute atomic E-state index is 10.0. The van der Waals surface area contributed by atoms with Crippen molar-refractivity contribution >= 4 is 11.5 Å². The lowest BCUT2D eigenvalue weighted by Crippen LogP contribution is -2.28. The molecule has 3 N–H and O–H groups in total. The third-order valence-corrected chi connectivity index (χ3v) is 4.23. The SMILES string of the molecule is CC1CCCCN(c2cc(-c3ccccc3O)nnc2N)C1. The van der Waals surface area contributed by atoms with Crippen LogP contribution in [0.2, 0.25) is 0 Å². The van der Waals surface area contributed by atoms with E-state index in [1.165, 1.54) is 12.8 Å². The molecule has 0 aliphatic carbocycles. The third-order valence-electron chi connectivity index (χ3n) is 4.23. The summed E-state index contributed by atoms with van der Waals surface area (Å²) in [4.78, 5) is 2.30. The quantitative estimate of drug-likeness (QED) is 0.891. The van der Waals surface area contributed by atoms with Gasteiger partial charge in [0.15, 0.2) is 5.82 Å². The minimum Gasteiger partial charge on any atom is -0.507 e. The van der Waals surface area contributed by atoms with Crippen molar-refractivity contribution in [2.75, 3.05) is 23.7 Å². The maximum Gasteiger partial charge on any atom is 0.169 e. The first-order chi connectivity index (χ1) is 10.6. The van der Waals surface area contributed by atoms with E-state index in [2.05, 4.69) is 22.0 Å². The van der Waals surface area contributed by atoms with Crippen molar-refractivity contribution in [1.29, 1.82) is 0 Å². The Kier molecular flexibility index (Phi) is 4.13. The number of aromatic nitrogens is 2. The Balaban J connectivity index is 1.98. The van der Waals surface area contributed by atoms with Gasteiger partial charge in [-0.05, 0) is 37.0 Å². The molecule has 1 aliphatic rings. The van der Waals surface area contributed by atoms with E-state index >= 15 is 0 Å². The number of phenolic OH excluding ortho intramolecular Hbond substituents is 1. The third kappa shape index (κ3) is 2.98. The number of hydrogen-bond acceptors (Lipinski definition) is 5. The van der Waals surface area contributed by atoms with Gasteiger partial charge >= 0.3 is 0 Å². The molecule has 5 heteroatoms. The summed E-state index contributed by atoms with van der Waals surface area (Å²) < 4.78 is 0. The molecule has 1 unspecified atom stereocenters. The van der Waals surface area contributed by atoms with Crippen molar-refractivity contribution < 1.29 is 5.11 Å². The van der Waals surface area contributed by atoms with Crippen LogP contribution in [0.25, 0.3) is 11.3 Å². The zero-order chi connectivity index (χ0) is 15.5. The average Bonchev–Trinajstić information content (AvgIpc) is 2.73. The molecule has 0 radical (unpaired) electrons. The monoisotopic (exact) mass is 298 g/mol. The number of hydrogen-bond donors (Lipinski definition) is 2. The second-order valence-electron chi connectivity index (χ2n) is 6.06. The van der Waals surface area contributed by atoms with Crippen LogP contribution >= 0.6 is 0 Å². The second kappa shape index (κ2) is 6.22. The fourth-order valence-electron chi connectivity index (χ4n) is 3.04. The summed E-state index contributed by atoms with van der Waals surface area (Å²) in [6.07, 6.45) is 3.67. The van der Waals surface area contributed by atoms with Crippen molar-refractivity contribution in [3.63, 3.8) is 0 Å². The lowest BCUT2D eigenvalue weighted by Gasteiger charge is -2.26. The van der Waals surface area contributed by atoms with Gasteiger partial charge in [-0.15, -0.1) is 10.2 Å². The molecule has 5 nitrogen and oxygen atoms in total. The summed E-state index contributed by atoms with van der Waals surface area (Å²) in [6.45, 7) is 4.24. The van der Waals surface area contributed by atoms with Crippen LogP contribution < -0.4 is 10.6 Å². The van der Waals surface area contributed by atoms with Crippen LogP contribution in [0, 0.1) is 5.92 Å². The largest absolute Gasteiger partial charge is 0.507 e. The molecule has 1 aliphatic heterocycles. The summed E-state index contributed by atoms with van der Waals surface area (Å²) in [5, 5.41) is 18.3. The molecule has 1 atom stereocenters. The lowest BCUT2D eigenvalue weighted by atomic mass is 10.1.